The van der Waals surface area contributed by atoms with Gasteiger partial charge in [0.15, 0.2) is 0 Å². The highest BCUT2D eigenvalue weighted by atomic mass is 35.5. The molecule has 1 atom stereocenters. The molecular weight excluding hydrogens is 360 g/mol. The van der Waals surface area contributed by atoms with Gasteiger partial charge in [0.1, 0.15) is 0 Å². The fraction of sp³-hybridized carbons (Fsp3) is 0.278. The predicted octanol–water partition coefficient (Wildman–Crippen LogP) is 4.06. The second-order valence-electron chi connectivity index (χ2n) is 5.80. The van der Waals surface area contributed by atoms with Crippen LogP contribution in [0.4, 0.5) is 5.69 Å². The molecular formula is C18H21ClN2O3S. The lowest BCUT2D eigenvalue weighted by molar-refractivity contribution is 0.0938. The minimum absolute atomic E-state index is 0.0764. The van der Waals surface area contributed by atoms with E-state index in [1.165, 1.54) is 24.3 Å². The van der Waals surface area contributed by atoms with Crippen molar-refractivity contribution in [3.05, 3.63) is 59.1 Å². The van der Waals surface area contributed by atoms with Crippen molar-refractivity contribution in [2.75, 3.05) is 4.72 Å². The fourth-order valence-corrected chi connectivity index (χ4v) is 3.51. The van der Waals surface area contributed by atoms with E-state index in [0.717, 1.165) is 12.8 Å². The third-order valence-corrected chi connectivity index (χ3v) is 5.27. The van der Waals surface area contributed by atoms with E-state index in [-0.39, 0.29) is 16.8 Å². The number of anilines is 1. The molecule has 0 bridgehead atoms. The summed E-state index contributed by atoms with van der Waals surface area (Å²) in [5.74, 6) is -0.212. The summed E-state index contributed by atoms with van der Waals surface area (Å²) < 4.78 is 27.2. The van der Waals surface area contributed by atoms with Crippen molar-refractivity contribution in [2.45, 2.75) is 37.6 Å². The molecule has 0 aliphatic carbocycles. The SMILES string of the molecule is CCCC(C)NC(=O)c1ccc(S(=O)(=O)Nc2ccc(Cl)cc2)cc1. The first kappa shape index (κ1) is 19.3. The largest absolute Gasteiger partial charge is 0.350 e. The van der Waals surface area contributed by atoms with Crippen LogP contribution in [0.25, 0.3) is 0 Å². The number of benzene rings is 2. The Morgan fingerprint density at radius 1 is 1.08 bits per heavy atom. The molecule has 0 radical (unpaired) electrons. The van der Waals surface area contributed by atoms with E-state index in [2.05, 4.69) is 17.0 Å². The lowest BCUT2D eigenvalue weighted by atomic mass is 10.1. The summed E-state index contributed by atoms with van der Waals surface area (Å²) in [6, 6.07) is 12.3. The van der Waals surface area contributed by atoms with Crippen LogP contribution in [-0.2, 0) is 10.0 Å². The zero-order chi connectivity index (χ0) is 18.4. The lowest BCUT2D eigenvalue weighted by Crippen LogP contribution is -2.32. The van der Waals surface area contributed by atoms with Crippen LogP contribution in [0.2, 0.25) is 5.02 Å². The average Bonchev–Trinajstić information content (AvgIpc) is 2.57. The van der Waals surface area contributed by atoms with E-state index in [1.54, 1.807) is 24.3 Å². The van der Waals surface area contributed by atoms with Gasteiger partial charge in [-0.1, -0.05) is 24.9 Å². The minimum Gasteiger partial charge on any atom is -0.350 e. The highest BCUT2D eigenvalue weighted by Crippen LogP contribution is 2.19. The smallest absolute Gasteiger partial charge is 0.261 e. The molecule has 1 unspecified atom stereocenters. The fourth-order valence-electron chi connectivity index (χ4n) is 2.33. The number of halogens is 1. The molecule has 0 saturated heterocycles. The molecule has 0 fully saturated rings. The van der Waals surface area contributed by atoms with E-state index >= 15 is 0 Å². The number of amides is 1. The van der Waals surface area contributed by atoms with Crippen LogP contribution in [-0.4, -0.2) is 20.4 Å². The van der Waals surface area contributed by atoms with Gasteiger partial charge < -0.3 is 5.32 Å². The molecule has 2 aromatic carbocycles. The zero-order valence-electron chi connectivity index (χ0n) is 14.1. The summed E-state index contributed by atoms with van der Waals surface area (Å²) in [5, 5.41) is 3.41. The Hall–Kier alpha value is -2.05. The Morgan fingerprint density at radius 2 is 1.68 bits per heavy atom. The van der Waals surface area contributed by atoms with Gasteiger partial charge in [0.05, 0.1) is 4.90 Å². The molecule has 2 aromatic rings. The Bertz CT molecular complexity index is 818. The van der Waals surface area contributed by atoms with Crippen molar-refractivity contribution in [1.29, 1.82) is 0 Å². The van der Waals surface area contributed by atoms with Gasteiger partial charge in [-0.25, -0.2) is 8.42 Å². The Morgan fingerprint density at radius 3 is 2.24 bits per heavy atom. The standard InChI is InChI=1S/C18H21ClN2O3S/c1-3-4-13(2)20-18(22)14-5-11-17(12-6-14)25(23,24)21-16-9-7-15(19)8-10-16/h5-13,21H,3-4H2,1-2H3,(H,20,22). The minimum atomic E-state index is -3.73. The van der Waals surface area contributed by atoms with Crippen molar-refractivity contribution in [3.63, 3.8) is 0 Å². The summed E-state index contributed by atoms with van der Waals surface area (Å²) in [6.07, 6.45) is 1.87. The summed E-state index contributed by atoms with van der Waals surface area (Å²) in [7, 11) is -3.73. The van der Waals surface area contributed by atoms with Crippen LogP contribution >= 0.6 is 11.6 Å². The first-order chi connectivity index (χ1) is 11.8. The van der Waals surface area contributed by atoms with Crippen LogP contribution in [0.15, 0.2) is 53.4 Å². The summed E-state index contributed by atoms with van der Waals surface area (Å²) in [5.41, 5.74) is 0.841. The van der Waals surface area contributed by atoms with Crippen LogP contribution < -0.4 is 10.0 Å². The number of rotatable bonds is 7. The molecule has 25 heavy (non-hydrogen) atoms. The molecule has 0 heterocycles. The molecule has 0 spiro atoms. The second-order valence-corrected chi connectivity index (χ2v) is 7.92. The van der Waals surface area contributed by atoms with Gasteiger partial charge in [-0.3, -0.25) is 9.52 Å². The molecule has 0 saturated carbocycles. The van der Waals surface area contributed by atoms with Crippen molar-refractivity contribution >= 4 is 33.2 Å². The molecule has 0 aliphatic heterocycles. The van der Waals surface area contributed by atoms with Crippen LogP contribution in [0.5, 0.6) is 0 Å². The quantitative estimate of drug-likeness (QED) is 0.760. The predicted molar refractivity (Wildman–Crippen MR) is 101 cm³/mol. The maximum absolute atomic E-state index is 12.4. The van der Waals surface area contributed by atoms with Crippen molar-refractivity contribution in [3.8, 4) is 0 Å². The maximum atomic E-state index is 12.4. The van der Waals surface area contributed by atoms with Gasteiger partial charge in [0, 0.05) is 22.3 Å². The molecule has 5 nitrogen and oxygen atoms in total. The molecule has 134 valence electrons. The van der Waals surface area contributed by atoms with E-state index in [0.29, 0.717) is 16.3 Å². The molecule has 7 heteroatoms. The Balaban J connectivity index is 2.10. The summed E-state index contributed by atoms with van der Waals surface area (Å²) in [6.45, 7) is 3.99. The number of hydrogen-bond acceptors (Lipinski definition) is 3. The number of hydrogen-bond donors (Lipinski definition) is 2. The van der Waals surface area contributed by atoms with Crippen molar-refractivity contribution < 1.29 is 13.2 Å². The third-order valence-electron chi connectivity index (χ3n) is 3.62. The monoisotopic (exact) mass is 380 g/mol. The Labute approximate surface area is 153 Å². The zero-order valence-corrected chi connectivity index (χ0v) is 15.7. The van der Waals surface area contributed by atoms with E-state index in [9.17, 15) is 13.2 Å². The van der Waals surface area contributed by atoms with E-state index in [1.807, 2.05) is 6.92 Å². The van der Waals surface area contributed by atoms with Gasteiger partial charge in [-0.15, -0.1) is 0 Å². The molecule has 0 aromatic heterocycles. The van der Waals surface area contributed by atoms with Gasteiger partial charge in [0.25, 0.3) is 15.9 Å². The van der Waals surface area contributed by atoms with Crippen molar-refractivity contribution in [2.24, 2.45) is 0 Å². The first-order valence-electron chi connectivity index (χ1n) is 8.01. The number of nitrogens with one attached hydrogen (secondary N) is 2. The van der Waals surface area contributed by atoms with E-state index < -0.39 is 10.0 Å². The van der Waals surface area contributed by atoms with Gasteiger partial charge in [0.2, 0.25) is 0 Å². The van der Waals surface area contributed by atoms with Gasteiger partial charge in [-0.2, -0.15) is 0 Å². The number of carbonyl (C=O) groups excluding carboxylic acids is 1. The van der Waals surface area contributed by atoms with Crippen LogP contribution in [0, 0.1) is 0 Å². The van der Waals surface area contributed by atoms with Crippen LogP contribution in [0.3, 0.4) is 0 Å². The lowest BCUT2D eigenvalue weighted by Gasteiger charge is -2.13. The molecule has 0 aliphatic rings. The summed E-state index contributed by atoms with van der Waals surface area (Å²) >= 11 is 5.79. The highest BCUT2D eigenvalue weighted by Gasteiger charge is 2.16. The number of sulfonamides is 1. The Kier molecular flexibility index (Phi) is 6.45. The summed E-state index contributed by atoms with van der Waals surface area (Å²) in [4.78, 5) is 12.2. The molecule has 2 N–H and O–H groups in total. The molecule has 2 rings (SSSR count). The topological polar surface area (TPSA) is 75.3 Å². The average molecular weight is 381 g/mol. The van der Waals surface area contributed by atoms with E-state index in [4.69, 9.17) is 11.6 Å². The third kappa shape index (κ3) is 5.47. The normalized spacial score (nSPS) is 12.4. The number of carbonyl (C=O) groups is 1. The van der Waals surface area contributed by atoms with Gasteiger partial charge in [-0.05, 0) is 61.9 Å². The highest BCUT2D eigenvalue weighted by molar-refractivity contribution is 7.92. The second kappa shape index (κ2) is 8.36. The maximum Gasteiger partial charge on any atom is 0.261 e. The van der Waals surface area contributed by atoms with Gasteiger partial charge >= 0.3 is 0 Å². The molecule has 1 amide bonds. The van der Waals surface area contributed by atoms with Crippen molar-refractivity contribution in [1.82, 2.24) is 5.32 Å². The van der Waals surface area contributed by atoms with Crippen LogP contribution in [0.1, 0.15) is 37.0 Å². The first-order valence-corrected chi connectivity index (χ1v) is 9.87.